The third-order valence-corrected chi connectivity index (χ3v) is 5.46. The monoisotopic (exact) mass is 453 g/mol. The zero-order valence-electron chi connectivity index (χ0n) is 17.2. The van der Waals surface area contributed by atoms with Gasteiger partial charge in [0.2, 0.25) is 11.8 Å². The normalized spacial score (nSPS) is 15.2. The highest BCUT2D eigenvalue weighted by Gasteiger charge is 2.38. The van der Waals surface area contributed by atoms with E-state index in [0.717, 1.165) is 16.0 Å². The van der Waals surface area contributed by atoms with E-state index in [9.17, 15) is 19.5 Å². The number of aryl methyl sites for hydroxylation is 1. The van der Waals surface area contributed by atoms with Crippen LogP contribution in [0.15, 0.2) is 54.7 Å². The molecule has 1 aliphatic rings. The largest absolute Gasteiger partial charge is 0.480 e. The molecule has 1 aliphatic heterocycles. The van der Waals surface area contributed by atoms with E-state index in [1.807, 2.05) is 19.1 Å². The molecule has 2 amide bonds. The quantitative estimate of drug-likeness (QED) is 0.612. The van der Waals surface area contributed by atoms with Gasteiger partial charge in [-0.25, -0.2) is 9.48 Å². The first-order valence-electron chi connectivity index (χ1n) is 9.89. The van der Waals surface area contributed by atoms with Crippen LogP contribution >= 0.6 is 11.6 Å². The van der Waals surface area contributed by atoms with Crippen molar-refractivity contribution >= 4 is 35.1 Å². The van der Waals surface area contributed by atoms with Gasteiger partial charge in [-0.05, 0) is 30.2 Å². The van der Waals surface area contributed by atoms with Crippen LogP contribution in [0, 0.1) is 6.92 Å². The topological polar surface area (TPSA) is 109 Å². The molecule has 32 heavy (non-hydrogen) atoms. The molecule has 2 aromatic carbocycles. The lowest BCUT2D eigenvalue weighted by Crippen LogP contribution is -2.59. The van der Waals surface area contributed by atoms with E-state index in [1.54, 1.807) is 36.4 Å². The minimum absolute atomic E-state index is 0.113. The molecule has 1 fully saturated rings. The lowest BCUT2D eigenvalue weighted by atomic mass is 10.0. The molecule has 0 aliphatic carbocycles. The van der Waals surface area contributed by atoms with E-state index in [2.05, 4.69) is 10.3 Å². The van der Waals surface area contributed by atoms with E-state index in [4.69, 9.17) is 11.6 Å². The molecular weight excluding hydrogens is 434 g/mol. The maximum absolute atomic E-state index is 13.1. The number of anilines is 1. The van der Waals surface area contributed by atoms with Gasteiger partial charge < -0.3 is 10.0 Å². The molecular formula is C22H20ClN5O4. The number of hydrogen-bond acceptors (Lipinski definition) is 5. The van der Waals surface area contributed by atoms with Gasteiger partial charge in [-0.15, -0.1) is 5.10 Å². The molecule has 4 rings (SSSR count). The van der Waals surface area contributed by atoms with Crippen LogP contribution in [-0.2, 0) is 20.8 Å². The first kappa shape index (κ1) is 21.5. The standard InChI is InChI=1S/C22H20ClN5O4/c1-14-7-8-16(28-11-19(23)24-25-28)17(9-14)26-12-21(30)27(13-20(26)29)18(22(31)32)10-15-5-3-2-4-6-15/h2-9,11,18H,10,12-13H2,1H3,(H,31,32). The number of nitrogens with zero attached hydrogens (tertiary/aromatic N) is 5. The molecule has 0 spiro atoms. The second kappa shape index (κ2) is 8.80. The van der Waals surface area contributed by atoms with Gasteiger partial charge in [0.25, 0.3) is 0 Å². The number of carboxylic acids is 1. The Morgan fingerprint density at radius 3 is 2.50 bits per heavy atom. The third kappa shape index (κ3) is 4.33. The fraction of sp³-hybridized carbons (Fsp3) is 0.227. The van der Waals surface area contributed by atoms with Crippen LogP contribution in [0.5, 0.6) is 0 Å². The van der Waals surface area contributed by atoms with Gasteiger partial charge in [-0.2, -0.15) is 0 Å². The number of aliphatic carboxylic acids is 1. The Balaban J connectivity index is 1.62. The zero-order valence-corrected chi connectivity index (χ0v) is 17.9. The smallest absolute Gasteiger partial charge is 0.326 e. The summed E-state index contributed by atoms with van der Waals surface area (Å²) in [6, 6.07) is 13.2. The molecule has 2 heterocycles. The number of piperazine rings is 1. The van der Waals surface area contributed by atoms with E-state index < -0.39 is 17.9 Å². The summed E-state index contributed by atoms with van der Waals surface area (Å²) < 4.78 is 1.43. The molecule has 0 radical (unpaired) electrons. The van der Waals surface area contributed by atoms with Crippen molar-refractivity contribution in [3.8, 4) is 5.69 Å². The summed E-state index contributed by atoms with van der Waals surface area (Å²) in [6.45, 7) is 1.24. The van der Waals surface area contributed by atoms with Crippen LogP contribution < -0.4 is 4.90 Å². The minimum Gasteiger partial charge on any atom is -0.480 e. The fourth-order valence-corrected chi connectivity index (χ4v) is 3.84. The number of carbonyl (C=O) groups excluding carboxylic acids is 2. The van der Waals surface area contributed by atoms with Gasteiger partial charge in [-0.3, -0.25) is 14.5 Å². The van der Waals surface area contributed by atoms with Crippen LogP contribution in [0.2, 0.25) is 5.15 Å². The summed E-state index contributed by atoms with van der Waals surface area (Å²) in [4.78, 5) is 40.5. The van der Waals surface area contributed by atoms with Crippen LogP contribution in [0.1, 0.15) is 11.1 Å². The summed E-state index contributed by atoms with van der Waals surface area (Å²) in [6.07, 6.45) is 1.61. The van der Waals surface area contributed by atoms with Crippen LogP contribution in [0.25, 0.3) is 5.69 Å². The molecule has 0 bridgehead atoms. The second-order valence-electron chi connectivity index (χ2n) is 7.52. The Labute approximate surface area is 188 Å². The van der Waals surface area contributed by atoms with Crippen molar-refractivity contribution in [2.75, 3.05) is 18.0 Å². The first-order chi connectivity index (χ1) is 15.3. The van der Waals surface area contributed by atoms with Crippen molar-refractivity contribution in [2.24, 2.45) is 0 Å². The summed E-state index contributed by atoms with van der Waals surface area (Å²) >= 11 is 5.89. The van der Waals surface area contributed by atoms with Crippen molar-refractivity contribution in [3.63, 3.8) is 0 Å². The maximum atomic E-state index is 13.1. The highest BCUT2D eigenvalue weighted by molar-refractivity contribution is 6.29. The van der Waals surface area contributed by atoms with Gasteiger partial charge in [0, 0.05) is 6.42 Å². The van der Waals surface area contributed by atoms with Crippen molar-refractivity contribution in [1.82, 2.24) is 19.9 Å². The van der Waals surface area contributed by atoms with Crippen LogP contribution in [0.3, 0.4) is 0 Å². The van der Waals surface area contributed by atoms with Crippen LogP contribution in [0.4, 0.5) is 5.69 Å². The average molecular weight is 454 g/mol. The Kier molecular flexibility index (Phi) is 5.91. The van der Waals surface area contributed by atoms with Crippen molar-refractivity contribution in [3.05, 3.63) is 71.0 Å². The molecule has 3 aromatic rings. The van der Waals surface area contributed by atoms with E-state index >= 15 is 0 Å². The number of hydrogen-bond donors (Lipinski definition) is 1. The SMILES string of the molecule is Cc1ccc(-n2cc(Cl)nn2)c(N2CC(=O)N(C(Cc3ccccc3)C(=O)O)CC2=O)c1. The highest BCUT2D eigenvalue weighted by atomic mass is 35.5. The first-order valence-corrected chi connectivity index (χ1v) is 10.3. The summed E-state index contributed by atoms with van der Waals surface area (Å²) in [5.41, 5.74) is 2.65. The van der Waals surface area contributed by atoms with E-state index in [0.29, 0.717) is 11.4 Å². The Morgan fingerprint density at radius 2 is 1.84 bits per heavy atom. The second-order valence-corrected chi connectivity index (χ2v) is 7.91. The summed E-state index contributed by atoms with van der Waals surface area (Å²) in [5.74, 6) is -1.99. The van der Waals surface area contributed by atoms with Crippen molar-refractivity contribution in [2.45, 2.75) is 19.4 Å². The van der Waals surface area contributed by atoms with Crippen LogP contribution in [-0.4, -0.2) is 61.9 Å². The molecule has 1 unspecified atom stereocenters. The highest BCUT2D eigenvalue weighted by Crippen LogP contribution is 2.28. The number of carboxylic acid groups (broad SMARTS) is 1. The van der Waals surface area contributed by atoms with E-state index in [-0.39, 0.29) is 30.6 Å². The molecule has 1 atom stereocenters. The van der Waals surface area contributed by atoms with Crippen molar-refractivity contribution in [1.29, 1.82) is 0 Å². The van der Waals surface area contributed by atoms with Gasteiger partial charge >= 0.3 is 5.97 Å². The third-order valence-electron chi connectivity index (χ3n) is 5.29. The Hall–Kier alpha value is -3.72. The fourth-order valence-electron chi connectivity index (χ4n) is 3.71. The summed E-state index contributed by atoms with van der Waals surface area (Å²) in [5, 5.41) is 17.7. The lowest BCUT2D eigenvalue weighted by molar-refractivity contribution is -0.152. The van der Waals surface area contributed by atoms with Gasteiger partial charge in [0.05, 0.1) is 17.6 Å². The predicted molar refractivity (Wildman–Crippen MR) is 117 cm³/mol. The van der Waals surface area contributed by atoms with E-state index in [1.165, 1.54) is 15.8 Å². The number of aromatic nitrogens is 3. The molecule has 9 nitrogen and oxygen atoms in total. The Morgan fingerprint density at radius 1 is 1.09 bits per heavy atom. The zero-order chi connectivity index (χ0) is 22.8. The Bertz CT molecular complexity index is 1180. The minimum atomic E-state index is -1.16. The number of halogens is 1. The predicted octanol–water partition coefficient (Wildman–Crippen LogP) is 2.10. The summed E-state index contributed by atoms with van der Waals surface area (Å²) in [7, 11) is 0. The number of amides is 2. The molecule has 1 aromatic heterocycles. The lowest BCUT2D eigenvalue weighted by Gasteiger charge is -2.37. The van der Waals surface area contributed by atoms with Gasteiger partial charge in [0.1, 0.15) is 19.1 Å². The van der Waals surface area contributed by atoms with Crippen molar-refractivity contribution < 1.29 is 19.5 Å². The molecule has 1 N–H and O–H groups in total. The number of rotatable bonds is 6. The van der Waals surface area contributed by atoms with Gasteiger partial charge in [-0.1, -0.05) is 53.2 Å². The van der Waals surface area contributed by atoms with Gasteiger partial charge in [0.15, 0.2) is 5.15 Å². The average Bonchev–Trinajstić information content (AvgIpc) is 3.20. The number of benzene rings is 2. The molecule has 0 saturated carbocycles. The molecule has 164 valence electrons. The molecule has 10 heteroatoms. The maximum Gasteiger partial charge on any atom is 0.326 e. The number of carbonyl (C=O) groups is 3. The molecule has 1 saturated heterocycles.